The minimum absolute atomic E-state index is 0.149. The molecule has 1 heterocycles. The van der Waals surface area contributed by atoms with Crippen molar-refractivity contribution in [3.63, 3.8) is 0 Å². The second-order valence-electron chi connectivity index (χ2n) is 6.14. The normalized spacial score (nSPS) is 22.4. The zero-order valence-electron chi connectivity index (χ0n) is 12.7. The maximum Gasteiger partial charge on any atom is 0.0427 e. The van der Waals surface area contributed by atoms with E-state index in [0.29, 0.717) is 0 Å². The van der Waals surface area contributed by atoms with Gasteiger partial charge in [-0.1, -0.05) is 37.1 Å². The van der Waals surface area contributed by atoms with E-state index in [1.54, 1.807) is 0 Å². The lowest BCUT2D eigenvalue weighted by Gasteiger charge is -2.34. The molecule has 1 aromatic rings. The van der Waals surface area contributed by atoms with Crippen LogP contribution in [0.4, 0.5) is 0 Å². The number of benzene rings is 1. The number of piperidine rings is 1. The van der Waals surface area contributed by atoms with Crippen LogP contribution < -0.4 is 5.73 Å². The average molecular weight is 260 g/mol. The Morgan fingerprint density at radius 3 is 2.89 bits per heavy atom. The standard InChI is InChI=1S/C17H28N2/c1-4-15-6-5-9-19(11-15)12-17(18)16-10-13(2)7-8-14(16)3/h7-8,10,15,17H,4-6,9,11-12,18H2,1-3H3. The third-order valence-corrected chi connectivity index (χ3v) is 4.47. The number of aryl methyl sites for hydroxylation is 2. The highest BCUT2D eigenvalue weighted by atomic mass is 15.1. The van der Waals surface area contributed by atoms with Gasteiger partial charge in [-0.05, 0) is 50.3 Å². The number of hydrogen-bond donors (Lipinski definition) is 1. The second kappa shape index (κ2) is 6.53. The molecule has 0 amide bonds. The molecule has 0 radical (unpaired) electrons. The van der Waals surface area contributed by atoms with E-state index in [4.69, 9.17) is 5.73 Å². The summed E-state index contributed by atoms with van der Waals surface area (Å²) in [6.07, 6.45) is 4.03. The Hall–Kier alpha value is -0.860. The Morgan fingerprint density at radius 1 is 1.37 bits per heavy atom. The van der Waals surface area contributed by atoms with Gasteiger partial charge in [-0.15, -0.1) is 0 Å². The molecule has 1 aromatic carbocycles. The molecule has 1 aliphatic heterocycles. The molecule has 2 N–H and O–H groups in total. The molecule has 0 saturated carbocycles. The minimum Gasteiger partial charge on any atom is -0.323 e. The van der Waals surface area contributed by atoms with Crippen molar-refractivity contribution in [2.45, 2.75) is 46.1 Å². The minimum atomic E-state index is 0.149. The van der Waals surface area contributed by atoms with Gasteiger partial charge in [0.1, 0.15) is 0 Å². The van der Waals surface area contributed by atoms with Gasteiger partial charge in [0.2, 0.25) is 0 Å². The first-order valence-electron chi connectivity index (χ1n) is 7.65. The van der Waals surface area contributed by atoms with E-state index >= 15 is 0 Å². The smallest absolute Gasteiger partial charge is 0.0427 e. The lowest BCUT2D eigenvalue weighted by molar-refractivity contribution is 0.163. The van der Waals surface area contributed by atoms with Crippen molar-refractivity contribution >= 4 is 0 Å². The Kier molecular flexibility index (Phi) is 5.00. The lowest BCUT2D eigenvalue weighted by Crippen LogP contribution is -2.39. The van der Waals surface area contributed by atoms with E-state index in [2.05, 4.69) is 43.9 Å². The van der Waals surface area contributed by atoms with Crippen LogP contribution in [0, 0.1) is 19.8 Å². The zero-order chi connectivity index (χ0) is 13.8. The molecule has 2 heteroatoms. The molecule has 0 aliphatic carbocycles. The quantitative estimate of drug-likeness (QED) is 0.898. The van der Waals surface area contributed by atoms with Gasteiger partial charge < -0.3 is 10.6 Å². The van der Waals surface area contributed by atoms with E-state index in [1.165, 1.54) is 49.0 Å². The molecular formula is C17H28N2. The van der Waals surface area contributed by atoms with Gasteiger partial charge in [0.25, 0.3) is 0 Å². The molecule has 2 unspecified atom stereocenters. The molecule has 0 aromatic heterocycles. The second-order valence-corrected chi connectivity index (χ2v) is 6.14. The SMILES string of the molecule is CCC1CCCN(CC(N)c2cc(C)ccc2C)C1. The number of rotatable bonds is 4. The highest BCUT2D eigenvalue weighted by Gasteiger charge is 2.21. The molecule has 2 atom stereocenters. The average Bonchev–Trinajstić information content (AvgIpc) is 2.41. The molecule has 19 heavy (non-hydrogen) atoms. The van der Waals surface area contributed by atoms with Crippen molar-refractivity contribution < 1.29 is 0 Å². The summed E-state index contributed by atoms with van der Waals surface area (Å²) in [6, 6.07) is 6.76. The summed E-state index contributed by atoms with van der Waals surface area (Å²) in [5, 5.41) is 0. The summed E-state index contributed by atoms with van der Waals surface area (Å²) in [7, 11) is 0. The van der Waals surface area contributed by atoms with Crippen molar-refractivity contribution in [1.29, 1.82) is 0 Å². The molecule has 0 spiro atoms. The molecule has 2 nitrogen and oxygen atoms in total. The fourth-order valence-corrected chi connectivity index (χ4v) is 3.19. The summed E-state index contributed by atoms with van der Waals surface area (Å²) in [5.74, 6) is 0.875. The van der Waals surface area contributed by atoms with Gasteiger partial charge in [0.05, 0.1) is 0 Å². The molecule has 1 fully saturated rings. The summed E-state index contributed by atoms with van der Waals surface area (Å²) in [4.78, 5) is 2.56. The Labute approximate surface area is 118 Å². The molecular weight excluding hydrogens is 232 g/mol. The van der Waals surface area contributed by atoms with Crippen LogP contribution in [0.15, 0.2) is 18.2 Å². The number of likely N-dealkylation sites (tertiary alicyclic amines) is 1. The number of nitrogens with two attached hydrogens (primary N) is 1. The van der Waals surface area contributed by atoms with Gasteiger partial charge in [-0.25, -0.2) is 0 Å². The van der Waals surface area contributed by atoms with Gasteiger partial charge in [-0.2, -0.15) is 0 Å². The molecule has 106 valence electrons. The topological polar surface area (TPSA) is 29.3 Å². The first kappa shape index (κ1) is 14.5. The maximum absolute atomic E-state index is 6.44. The van der Waals surface area contributed by atoms with E-state index in [0.717, 1.165) is 12.5 Å². The van der Waals surface area contributed by atoms with Gasteiger partial charge >= 0.3 is 0 Å². The number of nitrogens with zero attached hydrogens (tertiary/aromatic N) is 1. The van der Waals surface area contributed by atoms with E-state index in [9.17, 15) is 0 Å². The van der Waals surface area contributed by atoms with Crippen LogP contribution in [0.2, 0.25) is 0 Å². The molecule has 1 saturated heterocycles. The van der Waals surface area contributed by atoms with Crippen molar-refractivity contribution in [2.75, 3.05) is 19.6 Å². The van der Waals surface area contributed by atoms with Crippen molar-refractivity contribution in [3.05, 3.63) is 34.9 Å². The third-order valence-electron chi connectivity index (χ3n) is 4.47. The molecule has 1 aliphatic rings. The Balaban J connectivity index is 2.00. The van der Waals surface area contributed by atoms with Gasteiger partial charge in [-0.3, -0.25) is 0 Å². The summed E-state index contributed by atoms with van der Waals surface area (Å²) < 4.78 is 0. The van der Waals surface area contributed by atoms with Crippen LogP contribution in [0.5, 0.6) is 0 Å². The van der Waals surface area contributed by atoms with Crippen LogP contribution in [-0.4, -0.2) is 24.5 Å². The van der Waals surface area contributed by atoms with Gasteiger partial charge in [0.15, 0.2) is 0 Å². The fraction of sp³-hybridized carbons (Fsp3) is 0.647. The van der Waals surface area contributed by atoms with E-state index < -0.39 is 0 Å². The summed E-state index contributed by atoms with van der Waals surface area (Å²) >= 11 is 0. The summed E-state index contributed by atoms with van der Waals surface area (Å²) in [6.45, 7) is 10.1. The zero-order valence-corrected chi connectivity index (χ0v) is 12.7. The molecule has 0 bridgehead atoms. The van der Waals surface area contributed by atoms with Crippen molar-refractivity contribution in [2.24, 2.45) is 11.7 Å². The van der Waals surface area contributed by atoms with E-state index in [1.807, 2.05) is 0 Å². The van der Waals surface area contributed by atoms with Gasteiger partial charge in [0, 0.05) is 19.1 Å². The van der Waals surface area contributed by atoms with E-state index in [-0.39, 0.29) is 6.04 Å². The van der Waals surface area contributed by atoms with Crippen LogP contribution in [0.3, 0.4) is 0 Å². The number of hydrogen-bond acceptors (Lipinski definition) is 2. The van der Waals surface area contributed by atoms with Crippen LogP contribution in [-0.2, 0) is 0 Å². The highest BCUT2D eigenvalue weighted by molar-refractivity contribution is 5.33. The lowest BCUT2D eigenvalue weighted by atomic mass is 9.94. The van der Waals surface area contributed by atoms with Crippen LogP contribution in [0.1, 0.15) is 48.9 Å². The first-order chi connectivity index (χ1) is 9.10. The van der Waals surface area contributed by atoms with Crippen molar-refractivity contribution in [3.8, 4) is 0 Å². The predicted molar refractivity (Wildman–Crippen MR) is 82.3 cm³/mol. The third kappa shape index (κ3) is 3.80. The van der Waals surface area contributed by atoms with Crippen LogP contribution >= 0.6 is 0 Å². The Bertz CT molecular complexity index is 414. The monoisotopic (exact) mass is 260 g/mol. The first-order valence-corrected chi connectivity index (χ1v) is 7.65. The predicted octanol–water partition coefficient (Wildman–Crippen LogP) is 3.43. The van der Waals surface area contributed by atoms with Crippen LogP contribution in [0.25, 0.3) is 0 Å². The largest absolute Gasteiger partial charge is 0.323 e. The summed E-state index contributed by atoms with van der Waals surface area (Å²) in [5.41, 5.74) is 10.4. The maximum atomic E-state index is 6.44. The van der Waals surface area contributed by atoms with Crippen molar-refractivity contribution in [1.82, 2.24) is 4.90 Å². The molecule has 2 rings (SSSR count). The Morgan fingerprint density at radius 2 is 2.16 bits per heavy atom. The fourth-order valence-electron chi connectivity index (χ4n) is 3.19. The highest BCUT2D eigenvalue weighted by Crippen LogP contribution is 2.23.